The molecule has 7 nitrogen and oxygen atoms in total. The first kappa shape index (κ1) is 20.3. The lowest BCUT2D eigenvalue weighted by Crippen LogP contribution is -2.57. The highest BCUT2D eigenvalue weighted by Gasteiger charge is 2.39. The summed E-state index contributed by atoms with van der Waals surface area (Å²) in [5, 5.41) is 2.83. The third-order valence-corrected chi connectivity index (χ3v) is 3.99. The van der Waals surface area contributed by atoms with Gasteiger partial charge in [0.1, 0.15) is 11.6 Å². The SMILES string of the molecule is CC(=O)OC1(NC(=O)[C@H](C)N(C)C(=O)OC(C)(C)C)CCCCC1. The van der Waals surface area contributed by atoms with Crippen LogP contribution in [0.1, 0.15) is 66.7 Å². The minimum absolute atomic E-state index is 0.369. The molecule has 2 amide bonds. The topological polar surface area (TPSA) is 84.9 Å². The lowest BCUT2D eigenvalue weighted by molar-refractivity contribution is -0.168. The Kier molecular flexibility index (Phi) is 6.63. The van der Waals surface area contributed by atoms with Crippen molar-refractivity contribution in [3.8, 4) is 0 Å². The first-order valence-corrected chi connectivity index (χ1v) is 8.43. The molecule has 0 aliphatic heterocycles. The minimum atomic E-state index is -0.968. The molecule has 7 heteroatoms. The van der Waals surface area contributed by atoms with Gasteiger partial charge in [0.25, 0.3) is 0 Å². The van der Waals surface area contributed by atoms with Crippen molar-refractivity contribution in [1.29, 1.82) is 0 Å². The Morgan fingerprint density at radius 1 is 1.12 bits per heavy atom. The van der Waals surface area contributed by atoms with Crippen molar-refractivity contribution < 1.29 is 23.9 Å². The van der Waals surface area contributed by atoms with Crippen LogP contribution in [0.5, 0.6) is 0 Å². The van der Waals surface area contributed by atoms with Gasteiger partial charge >= 0.3 is 12.1 Å². The van der Waals surface area contributed by atoms with Gasteiger partial charge in [0, 0.05) is 26.8 Å². The highest BCUT2D eigenvalue weighted by molar-refractivity contribution is 5.86. The van der Waals surface area contributed by atoms with Gasteiger partial charge in [-0.05, 0) is 40.5 Å². The maximum atomic E-state index is 12.6. The number of hydrogen-bond acceptors (Lipinski definition) is 5. The molecule has 0 spiro atoms. The van der Waals surface area contributed by atoms with E-state index < -0.39 is 29.4 Å². The number of nitrogens with zero attached hydrogens (tertiary/aromatic N) is 1. The first-order chi connectivity index (χ1) is 11.0. The van der Waals surface area contributed by atoms with Crippen LogP contribution in [-0.2, 0) is 19.1 Å². The van der Waals surface area contributed by atoms with Crippen molar-refractivity contribution in [2.45, 2.75) is 84.1 Å². The zero-order valence-corrected chi connectivity index (χ0v) is 15.6. The van der Waals surface area contributed by atoms with E-state index in [1.54, 1.807) is 27.7 Å². The molecule has 1 rings (SSSR count). The zero-order chi connectivity index (χ0) is 18.5. The van der Waals surface area contributed by atoms with Gasteiger partial charge in [0.15, 0.2) is 5.72 Å². The van der Waals surface area contributed by atoms with Crippen LogP contribution in [-0.4, -0.2) is 47.3 Å². The number of amides is 2. The van der Waals surface area contributed by atoms with E-state index in [0.717, 1.165) is 19.3 Å². The van der Waals surface area contributed by atoms with Crippen LogP contribution < -0.4 is 5.32 Å². The smallest absolute Gasteiger partial charge is 0.410 e. The summed E-state index contributed by atoms with van der Waals surface area (Å²) in [5.74, 6) is -0.795. The first-order valence-electron chi connectivity index (χ1n) is 8.43. The number of ether oxygens (including phenoxy) is 2. The molecule has 0 aromatic rings. The summed E-state index contributed by atoms with van der Waals surface area (Å²) in [5.41, 5.74) is -1.60. The Morgan fingerprint density at radius 2 is 1.67 bits per heavy atom. The highest BCUT2D eigenvalue weighted by Crippen LogP contribution is 2.29. The summed E-state index contributed by atoms with van der Waals surface area (Å²) in [7, 11) is 1.51. The molecule has 0 heterocycles. The number of carbonyl (C=O) groups is 3. The predicted octanol–water partition coefficient (Wildman–Crippen LogP) is 2.58. The van der Waals surface area contributed by atoms with Crippen molar-refractivity contribution in [3.63, 3.8) is 0 Å². The van der Waals surface area contributed by atoms with E-state index in [0.29, 0.717) is 12.8 Å². The Hall–Kier alpha value is -1.79. The largest absolute Gasteiger partial charge is 0.444 e. The van der Waals surface area contributed by atoms with Crippen LogP contribution in [0.4, 0.5) is 4.79 Å². The van der Waals surface area contributed by atoms with Gasteiger partial charge in [0.2, 0.25) is 5.91 Å². The van der Waals surface area contributed by atoms with Gasteiger partial charge in [0.05, 0.1) is 0 Å². The van der Waals surface area contributed by atoms with Crippen molar-refractivity contribution in [2.24, 2.45) is 0 Å². The average molecular weight is 342 g/mol. The quantitative estimate of drug-likeness (QED) is 0.627. The normalized spacial score (nSPS) is 18.2. The second-order valence-corrected chi connectivity index (χ2v) is 7.41. The molecular formula is C17H30N2O5. The predicted molar refractivity (Wildman–Crippen MR) is 89.2 cm³/mol. The number of rotatable bonds is 4. The fourth-order valence-corrected chi connectivity index (χ4v) is 2.65. The van der Waals surface area contributed by atoms with E-state index in [1.807, 2.05) is 0 Å². The van der Waals surface area contributed by atoms with Gasteiger partial charge in [-0.3, -0.25) is 14.5 Å². The van der Waals surface area contributed by atoms with Gasteiger partial charge < -0.3 is 14.8 Å². The van der Waals surface area contributed by atoms with E-state index >= 15 is 0 Å². The summed E-state index contributed by atoms with van der Waals surface area (Å²) in [6, 6.07) is -0.741. The molecule has 0 bridgehead atoms. The maximum Gasteiger partial charge on any atom is 0.410 e. The number of likely N-dealkylation sites (N-methyl/N-ethyl adjacent to an activating group) is 1. The lowest BCUT2D eigenvalue weighted by Gasteiger charge is -2.38. The molecular weight excluding hydrogens is 312 g/mol. The molecule has 24 heavy (non-hydrogen) atoms. The summed E-state index contributed by atoms with van der Waals surface area (Å²) >= 11 is 0. The van der Waals surface area contributed by atoms with Gasteiger partial charge in [-0.1, -0.05) is 6.42 Å². The molecule has 0 aromatic carbocycles. The minimum Gasteiger partial charge on any atom is -0.444 e. The summed E-state index contributed by atoms with van der Waals surface area (Å²) in [4.78, 5) is 37.3. The summed E-state index contributed by atoms with van der Waals surface area (Å²) in [6.07, 6.45) is 3.40. The molecule has 1 aliphatic carbocycles. The second-order valence-electron chi connectivity index (χ2n) is 7.41. The monoisotopic (exact) mass is 342 g/mol. The number of esters is 1. The van der Waals surface area contributed by atoms with Gasteiger partial charge in [-0.25, -0.2) is 4.79 Å². The van der Waals surface area contributed by atoms with Crippen molar-refractivity contribution >= 4 is 18.0 Å². The molecule has 0 aromatic heterocycles. The fraction of sp³-hybridized carbons (Fsp3) is 0.824. The van der Waals surface area contributed by atoms with E-state index in [2.05, 4.69) is 5.32 Å². The average Bonchev–Trinajstić information content (AvgIpc) is 2.43. The van der Waals surface area contributed by atoms with E-state index in [4.69, 9.17) is 9.47 Å². The molecule has 138 valence electrons. The van der Waals surface area contributed by atoms with Crippen LogP contribution >= 0.6 is 0 Å². The Morgan fingerprint density at radius 3 is 2.12 bits per heavy atom. The molecule has 1 saturated carbocycles. The lowest BCUT2D eigenvalue weighted by atomic mass is 9.91. The molecule has 1 atom stereocenters. The molecule has 0 unspecified atom stereocenters. The van der Waals surface area contributed by atoms with Crippen molar-refractivity contribution in [1.82, 2.24) is 10.2 Å². The molecule has 1 fully saturated rings. The summed E-state index contributed by atoms with van der Waals surface area (Å²) in [6.45, 7) is 8.24. The van der Waals surface area contributed by atoms with E-state index in [9.17, 15) is 14.4 Å². The van der Waals surface area contributed by atoms with Crippen LogP contribution in [0.2, 0.25) is 0 Å². The second kappa shape index (κ2) is 7.85. The number of nitrogens with one attached hydrogen (secondary N) is 1. The third kappa shape index (κ3) is 6.02. The maximum absolute atomic E-state index is 12.6. The van der Waals surface area contributed by atoms with Crippen LogP contribution in [0.3, 0.4) is 0 Å². The molecule has 0 radical (unpaired) electrons. The zero-order valence-electron chi connectivity index (χ0n) is 15.6. The molecule has 1 N–H and O–H groups in total. The molecule has 0 saturated heterocycles. The van der Waals surface area contributed by atoms with Crippen LogP contribution in [0.25, 0.3) is 0 Å². The van der Waals surface area contributed by atoms with E-state index in [-0.39, 0.29) is 5.91 Å². The van der Waals surface area contributed by atoms with Gasteiger partial charge in [-0.2, -0.15) is 0 Å². The Bertz CT molecular complexity index is 478. The van der Waals surface area contributed by atoms with E-state index in [1.165, 1.54) is 18.9 Å². The fourth-order valence-electron chi connectivity index (χ4n) is 2.65. The van der Waals surface area contributed by atoms with Crippen LogP contribution in [0.15, 0.2) is 0 Å². The Labute approximate surface area is 144 Å². The van der Waals surface area contributed by atoms with Crippen LogP contribution in [0, 0.1) is 0 Å². The Balaban J connectivity index is 2.75. The standard InChI is InChI=1S/C17H30N2O5/c1-12(19(6)15(22)24-16(3,4)5)14(21)18-17(23-13(2)20)10-8-7-9-11-17/h12H,7-11H2,1-6H3,(H,18,21)/t12-/m0/s1. The summed E-state index contributed by atoms with van der Waals surface area (Å²) < 4.78 is 10.7. The van der Waals surface area contributed by atoms with Crippen molar-refractivity contribution in [3.05, 3.63) is 0 Å². The third-order valence-electron chi connectivity index (χ3n) is 3.99. The highest BCUT2D eigenvalue weighted by atomic mass is 16.6. The molecule has 1 aliphatic rings. The number of carbonyl (C=O) groups excluding carboxylic acids is 3. The van der Waals surface area contributed by atoms with Crippen molar-refractivity contribution in [2.75, 3.05) is 7.05 Å². The number of hydrogen-bond donors (Lipinski definition) is 1. The van der Waals surface area contributed by atoms with Gasteiger partial charge in [-0.15, -0.1) is 0 Å².